The third-order valence-corrected chi connectivity index (χ3v) is 2.42. The highest BCUT2D eigenvalue weighted by atomic mass is 14.2. The molecule has 1 aliphatic carbocycles. The first-order valence-corrected chi connectivity index (χ1v) is 3.87. The number of fused-ring (bicyclic) bond motifs is 2. The quantitative estimate of drug-likeness (QED) is 0.509. The van der Waals surface area contributed by atoms with Gasteiger partial charge in [0, 0.05) is 0 Å². The Hall–Kier alpha value is -0.780. The van der Waals surface area contributed by atoms with Crippen molar-refractivity contribution in [2.75, 3.05) is 0 Å². The molecule has 2 bridgehead atoms. The van der Waals surface area contributed by atoms with Gasteiger partial charge in [-0.1, -0.05) is 25.1 Å². The summed E-state index contributed by atoms with van der Waals surface area (Å²) in [6.45, 7) is 4.50. The van der Waals surface area contributed by atoms with Gasteiger partial charge in [0.05, 0.1) is 0 Å². The second kappa shape index (κ2) is 1.85. The molecule has 10 heavy (non-hydrogen) atoms. The molecule has 52 valence electrons. The van der Waals surface area contributed by atoms with Gasteiger partial charge in [0.1, 0.15) is 0 Å². The molecule has 0 N–H and O–H groups in total. The van der Waals surface area contributed by atoms with E-state index in [2.05, 4.69) is 32.0 Å². The van der Waals surface area contributed by atoms with Gasteiger partial charge in [-0.2, -0.15) is 0 Å². The maximum atomic E-state index is 2.33. The van der Waals surface area contributed by atoms with Gasteiger partial charge < -0.3 is 0 Å². The van der Waals surface area contributed by atoms with Crippen LogP contribution in [0.25, 0.3) is 0 Å². The van der Waals surface area contributed by atoms with Gasteiger partial charge in [0.2, 0.25) is 0 Å². The summed E-state index contributed by atoms with van der Waals surface area (Å²) in [5.74, 6) is 0.769. The lowest BCUT2D eigenvalue weighted by atomic mass is 10.0. The molecule has 1 aliphatic rings. The summed E-state index contributed by atoms with van der Waals surface area (Å²) in [4.78, 5) is 0. The molecule has 0 nitrogen and oxygen atoms in total. The zero-order chi connectivity index (χ0) is 7.14. The van der Waals surface area contributed by atoms with E-state index in [4.69, 9.17) is 0 Å². The maximum Gasteiger partial charge on any atom is -0.0147 e. The predicted octanol–water partition coefficient (Wildman–Crippen LogP) is 2.65. The minimum atomic E-state index is 0.769. The van der Waals surface area contributed by atoms with Crippen LogP contribution < -0.4 is 0 Å². The van der Waals surface area contributed by atoms with Crippen LogP contribution in [0.1, 0.15) is 29.5 Å². The van der Waals surface area contributed by atoms with Crippen molar-refractivity contribution in [3.8, 4) is 0 Å². The van der Waals surface area contributed by atoms with Crippen LogP contribution >= 0.6 is 0 Å². The van der Waals surface area contributed by atoms with Gasteiger partial charge in [0.25, 0.3) is 0 Å². The molecule has 0 aliphatic heterocycles. The molecular formula is C10H12. The van der Waals surface area contributed by atoms with Crippen LogP contribution in [-0.4, -0.2) is 0 Å². The van der Waals surface area contributed by atoms with E-state index in [9.17, 15) is 0 Å². The molecule has 0 saturated heterocycles. The molecular weight excluding hydrogens is 120 g/mol. The van der Waals surface area contributed by atoms with Crippen molar-refractivity contribution in [3.63, 3.8) is 0 Å². The molecule has 0 fully saturated rings. The molecule has 1 aromatic carbocycles. The fourth-order valence-corrected chi connectivity index (χ4v) is 1.81. The fourth-order valence-electron chi connectivity index (χ4n) is 1.81. The molecule has 0 spiro atoms. The first-order chi connectivity index (χ1) is 4.77. The lowest BCUT2D eigenvalue weighted by molar-refractivity contribution is 0.797. The Morgan fingerprint density at radius 3 is 2.90 bits per heavy atom. The normalized spacial score (nSPS) is 21.6. The van der Waals surface area contributed by atoms with Crippen molar-refractivity contribution in [1.29, 1.82) is 0 Å². The van der Waals surface area contributed by atoms with Crippen molar-refractivity contribution in [2.45, 2.75) is 26.2 Å². The summed E-state index contributed by atoms with van der Waals surface area (Å²) in [7, 11) is 0. The third kappa shape index (κ3) is 0.683. The van der Waals surface area contributed by atoms with Crippen LogP contribution in [0.2, 0.25) is 0 Å². The molecule has 0 heteroatoms. The van der Waals surface area contributed by atoms with E-state index in [-0.39, 0.29) is 0 Å². The summed E-state index contributed by atoms with van der Waals surface area (Å²) < 4.78 is 0. The average molecular weight is 132 g/mol. The highest BCUT2D eigenvalue weighted by Crippen LogP contribution is 2.30. The van der Waals surface area contributed by atoms with Crippen LogP contribution in [0.4, 0.5) is 0 Å². The first kappa shape index (κ1) is 5.96. The van der Waals surface area contributed by atoms with Crippen molar-refractivity contribution in [2.24, 2.45) is 0 Å². The van der Waals surface area contributed by atoms with Gasteiger partial charge in [0.15, 0.2) is 0 Å². The highest BCUT2D eigenvalue weighted by Gasteiger charge is 2.16. The molecule has 1 unspecified atom stereocenters. The fraction of sp³-hybridized carbons (Fsp3) is 0.400. The van der Waals surface area contributed by atoms with E-state index >= 15 is 0 Å². The Balaban J connectivity index is 2.60. The standard InChI is InChI=1S/C10H12/c1-7-3-4-9-5-8(2)10(7)6-9/h3-4,6,8H,5H2,1-2H3. The van der Waals surface area contributed by atoms with E-state index in [1.54, 1.807) is 5.56 Å². The van der Waals surface area contributed by atoms with Crippen molar-refractivity contribution >= 4 is 0 Å². The number of hydrogen-bond acceptors (Lipinski definition) is 0. The van der Waals surface area contributed by atoms with E-state index in [1.807, 2.05) is 0 Å². The Morgan fingerprint density at radius 1 is 1.40 bits per heavy atom. The van der Waals surface area contributed by atoms with Crippen LogP contribution in [0.3, 0.4) is 0 Å². The SMILES string of the molecule is Cc1ccc2cc1C(C)C2. The lowest BCUT2D eigenvalue weighted by Crippen LogP contribution is -1.88. The Kier molecular flexibility index (Phi) is 1.10. The Bertz CT molecular complexity index is 261. The third-order valence-electron chi connectivity index (χ3n) is 2.42. The van der Waals surface area contributed by atoms with Crippen molar-refractivity contribution in [3.05, 3.63) is 34.9 Å². The largest absolute Gasteiger partial charge is 0.0588 e. The zero-order valence-corrected chi connectivity index (χ0v) is 6.52. The molecule has 0 radical (unpaired) electrons. The van der Waals surface area contributed by atoms with E-state index in [0.717, 1.165) is 5.92 Å². The Labute approximate surface area is 61.9 Å². The van der Waals surface area contributed by atoms with Gasteiger partial charge in [-0.15, -0.1) is 0 Å². The number of aryl methyl sites for hydroxylation is 1. The number of rotatable bonds is 0. The highest BCUT2D eigenvalue weighted by molar-refractivity contribution is 5.39. The summed E-state index contributed by atoms with van der Waals surface area (Å²) in [6, 6.07) is 6.80. The van der Waals surface area contributed by atoms with Gasteiger partial charge in [-0.3, -0.25) is 0 Å². The van der Waals surface area contributed by atoms with Crippen molar-refractivity contribution in [1.82, 2.24) is 0 Å². The summed E-state index contributed by atoms with van der Waals surface area (Å²) in [5, 5.41) is 0. The van der Waals surface area contributed by atoms with Gasteiger partial charge in [-0.05, 0) is 36.0 Å². The van der Waals surface area contributed by atoms with Crippen LogP contribution in [0.5, 0.6) is 0 Å². The van der Waals surface area contributed by atoms with Gasteiger partial charge >= 0.3 is 0 Å². The molecule has 0 aromatic heterocycles. The Morgan fingerprint density at radius 2 is 2.20 bits per heavy atom. The first-order valence-electron chi connectivity index (χ1n) is 3.87. The maximum absolute atomic E-state index is 2.33. The van der Waals surface area contributed by atoms with Crippen molar-refractivity contribution < 1.29 is 0 Å². The van der Waals surface area contributed by atoms with Crippen LogP contribution in [0, 0.1) is 6.92 Å². The second-order valence-corrected chi connectivity index (χ2v) is 3.30. The molecule has 2 rings (SSSR count). The van der Waals surface area contributed by atoms with Gasteiger partial charge in [-0.25, -0.2) is 0 Å². The lowest BCUT2D eigenvalue weighted by Gasteiger charge is -2.02. The topological polar surface area (TPSA) is 0 Å². The van der Waals surface area contributed by atoms with E-state index < -0.39 is 0 Å². The predicted molar refractivity (Wildman–Crippen MR) is 43.3 cm³/mol. The molecule has 1 aromatic rings. The molecule has 0 saturated carbocycles. The smallest absolute Gasteiger partial charge is 0.0147 e. The second-order valence-electron chi connectivity index (χ2n) is 3.30. The summed E-state index contributed by atoms with van der Waals surface area (Å²) >= 11 is 0. The minimum absolute atomic E-state index is 0.769. The average Bonchev–Trinajstić information content (AvgIpc) is 2.21. The molecule has 1 atom stereocenters. The molecule has 0 heterocycles. The molecule has 0 amide bonds. The van der Waals surface area contributed by atoms with Crippen LogP contribution in [-0.2, 0) is 6.42 Å². The van der Waals surface area contributed by atoms with Crippen LogP contribution in [0.15, 0.2) is 18.2 Å². The zero-order valence-electron chi connectivity index (χ0n) is 6.52. The number of benzene rings is 1. The summed E-state index contributed by atoms with van der Waals surface area (Å²) in [6.07, 6.45) is 1.25. The number of hydrogen-bond donors (Lipinski definition) is 0. The summed E-state index contributed by atoms with van der Waals surface area (Å²) in [5.41, 5.74) is 4.51. The minimum Gasteiger partial charge on any atom is -0.0588 e. The van der Waals surface area contributed by atoms with E-state index in [1.165, 1.54) is 17.5 Å². The monoisotopic (exact) mass is 132 g/mol. The van der Waals surface area contributed by atoms with E-state index in [0.29, 0.717) is 0 Å².